The third kappa shape index (κ3) is 2.43. The Morgan fingerprint density at radius 2 is 1.79 bits per heavy atom. The Kier molecular flexibility index (Phi) is 4.03. The van der Waals surface area contributed by atoms with E-state index >= 15 is 0 Å². The van der Waals surface area contributed by atoms with Crippen molar-refractivity contribution in [1.82, 2.24) is 0 Å². The number of allylic oxidation sites excluding steroid dienone is 2. The van der Waals surface area contributed by atoms with E-state index < -0.39 is 9.84 Å². The molecule has 0 saturated carbocycles. The lowest BCUT2D eigenvalue weighted by Crippen LogP contribution is -2.12. The summed E-state index contributed by atoms with van der Waals surface area (Å²) in [6, 6.07) is 11.4. The van der Waals surface area contributed by atoms with Gasteiger partial charge in [0.05, 0.1) is 9.79 Å². The number of Topliss-reactive ketones (excluding diaryl/α,β-unsaturated/α-hetero) is 1. The third-order valence-corrected chi connectivity index (χ3v) is 5.66. The standard InChI is InChI=1S/C19H15NO3S/c1-3-7-16(20-4-2)19(21)13-10-11-18-15(12-13)14-8-5-6-9-17(14)24(18,22)23/h3-12H,2H2,1H3/b7-3-,20-16+. The van der Waals surface area contributed by atoms with Crippen LogP contribution in [0.5, 0.6) is 0 Å². The van der Waals surface area contributed by atoms with Gasteiger partial charge in [-0.1, -0.05) is 30.9 Å². The molecule has 0 aromatic heterocycles. The van der Waals surface area contributed by atoms with Crippen LogP contribution in [0, 0.1) is 0 Å². The smallest absolute Gasteiger partial charge is 0.211 e. The molecule has 2 aromatic rings. The molecule has 0 atom stereocenters. The molecule has 1 heterocycles. The largest absolute Gasteiger partial charge is 0.287 e. The van der Waals surface area contributed by atoms with Crippen LogP contribution in [-0.2, 0) is 9.84 Å². The van der Waals surface area contributed by atoms with Crippen LogP contribution in [0.4, 0.5) is 0 Å². The molecular weight excluding hydrogens is 322 g/mol. The molecule has 0 aliphatic carbocycles. The number of nitrogens with zero attached hydrogens (tertiary/aromatic N) is 1. The van der Waals surface area contributed by atoms with Gasteiger partial charge in [-0.25, -0.2) is 8.42 Å². The Hall–Kier alpha value is -2.79. The van der Waals surface area contributed by atoms with E-state index in [0.29, 0.717) is 16.7 Å². The van der Waals surface area contributed by atoms with Crippen molar-refractivity contribution in [2.45, 2.75) is 16.7 Å². The Labute approximate surface area is 140 Å². The van der Waals surface area contributed by atoms with Crippen LogP contribution < -0.4 is 0 Å². The zero-order valence-corrected chi connectivity index (χ0v) is 13.9. The molecule has 0 radical (unpaired) electrons. The number of hydrogen-bond acceptors (Lipinski definition) is 4. The van der Waals surface area contributed by atoms with Crippen molar-refractivity contribution < 1.29 is 13.2 Å². The highest BCUT2D eigenvalue weighted by Crippen LogP contribution is 2.43. The fourth-order valence-corrected chi connectivity index (χ4v) is 4.41. The number of sulfone groups is 1. The molecule has 0 unspecified atom stereocenters. The zero-order valence-electron chi connectivity index (χ0n) is 13.1. The predicted octanol–water partition coefficient (Wildman–Crippen LogP) is 3.84. The lowest BCUT2D eigenvalue weighted by Gasteiger charge is -2.04. The van der Waals surface area contributed by atoms with Crippen LogP contribution in [0.2, 0.25) is 0 Å². The first-order valence-corrected chi connectivity index (χ1v) is 8.83. The molecule has 3 rings (SSSR count). The second-order valence-corrected chi connectivity index (χ2v) is 7.12. The Morgan fingerprint density at radius 3 is 2.50 bits per heavy atom. The van der Waals surface area contributed by atoms with E-state index in [-0.39, 0.29) is 21.3 Å². The number of benzene rings is 2. The Morgan fingerprint density at radius 1 is 1.08 bits per heavy atom. The minimum atomic E-state index is -3.52. The SMILES string of the molecule is C=C/N=C(\C=C/C)C(=O)c1ccc2c(c1)-c1ccccc1S2(=O)=O. The molecule has 0 N–H and O–H groups in total. The maximum Gasteiger partial charge on any atom is 0.211 e. The first kappa shape index (κ1) is 16.1. The van der Waals surface area contributed by atoms with Crippen LogP contribution in [-0.4, -0.2) is 19.9 Å². The van der Waals surface area contributed by atoms with Gasteiger partial charge in [0.15, 0.2) is 0 Å². The Balaban J connectivity index is 2.17. The molecule has 24 heavy (non-hydrogen) atoms. The number of fused-ring (bicyclic) bond motifs is 3. The maximum absolute atomic E-state index is 12.6. The van der Waals surface area contributed by atoms with E-state index in [1.165, 1.54) is 18.3 Å². The highest BCUT2D eigenvalue weighted by Gasteiger charge is 2.33. The predicted molar refractivity (Wildman–Crippen MR) is 94.1 cm³/mol. The number of carbonyl (C=O) groups is 1. The second-order valence-electron chi connectivity index (χ2n) is 5.24. The summed E-state index contributed by atoms with van der Waals surface area (Å²) in [4.78, 5) is 17.1. The number of ketones is 1. The molecule has 1 aliphatic heterocycles. The normalized spacial score (nSPS) is 15.1. The number of hydrogen-bond donors (Lipinski definition) is 0. The lowest BCUT2D eigenvalue weighted by molar-refractivity contribution is 0.106. The van der Waals surface area contributed by atoms with Crippen LogP contribution in [0.25, 0.3) is 11.1 Å². The first-order valence-electron chi connectivity index (χ1n) is 7.35. The summed E-state index contributed by atoms with van der Waals surface area (Å²) in [5.41, 5.74) is 1.81. The summed E-state index contributed by atoms with van der Waals surface area (Å²) >= 11 is 0. The molecule has 120 valence electrons. The minimum absolute atomic E-state index is 0.230. The maximum atomic E-state index is 12.6. The van der Waals surface area contributed by atoms with Crippen LogP contribution >= 0.6 is 0 Å². The van der Waals surface area contributed by atoms with E-state index in [0.717, 1.165) is 0 Å². The molecule has 0 bridgehead atoms. The van der Waals surface area contributed by atoms with Crippen LogP contribution in [0.15, 0.2) is 82.2 Å². The van der Waals surface area contributed by atoms with Crippen molar-refractivity contribution in [1.29, 1.82) is 0 Å². The van der Waals surface area contributed by atoms with Gasteiger partial charge < -0.3 is 0 Å². The summed E-state index contributed by atoms with van der Waals surface area (Å²) in [6.07, 6.45) is 4.62. The first-order chi connectivity index (χ1) is 11.5. The number of carbonyl (C=O) groups excluding carboxylic acids is 1. The summed E-state index contributed by atoms with van der Waals surface area (Å²) in [7, 11) is -3.52. The molecule has 1 aliphatic rings. The molecular formula is C19H15NO3S. The van der Waals surface area contributed by atoms with E-state index in [1.807, 2.05) is 0 Å². The topological polar surface area (TPSA) is 63.6 Å². The van der Waals surface area contributed by atoms with Crippen molar-refractivity contribution in [3.63, 3.8) is 0 Å². The van der Waals surface area contributed by atoms with Gasteiger partial charge in [-0.05, 0) is 37.3 Å². The summed E-state index contributed by atoms with van der Waals surface area (Å²) in [5.74, 6) is -0.280. The van der Waals surface area contributed by atoms with Gasteiger partial charge in [0.1, 0.15) is 5.71 Å². The van der Waals surface area contributed by atoms with E-state index in [2.05, 4.69) is 11.6 Å². The van der Waals surface area contributed by atoms with Crippen molar-refractivity contribution in [3.05, 3.63) is 73.0 Å². The highest BCUT2D eigenvalue weighted by atomic mass is 32.2. The second kappa shape index (κ2) is 6.02. The average molecular weight is 337 g/mol. The van der Waals surface area contributed by atoms with E-state index in [1.54, 1.807) is 49.4 Å². The van der Waals surface area contributed by atoms with Gasteiger partial charge in [-0.15, -0.1) is 0 Å². The van der Waals surface area contributed by atoms with Gasteiger partial charge in [0, 0.05) is 22.9 Å². The van der Waals surface area contributed by atoms with Crippen molar-refractivity contribution in [2.75, 3.05) is 0 Å². The summed E-state index contributed by atoms with van der Waals surface area (Å²) < 4.78 is 25.1. The minimum Gasteiger partial charge on any atom is -0.287 e. The van der Waals surface area contributed by atoms with Crippen molar-refractivity contribution >= 4 is 21.3 Å². The number of aliphatic imine (C=N–C) groups is 1. The molecule has 0 amide bonds. The average Bonchev–Trinajstić information content (AvgIpc) is 2.82. The fourth-order valence-electron chi connectivity index (χ4n) is 2.74. The molecule has 0 saturated heterocycles. The fraction of sp³-hybridized carbons (Fsp3) is 0.0526. The Bertz CT molecular complexity index is 1010. The van der Waals surface area contributed by atoms with Crippen LogP contribution in [0.1, 0.15) is 17.3 Å². The summed E-state index contributed by atoms with van der Waals surface area (Å²) in [5, 5.41) is 0. The van der Waals surface area contributed by atoms with Gasteiger partial charge in [0.25, 0.3) is 0 Å². The van der Waals surface area contributed by atoms with Gasteiger partial charge in [-0.3, -0.25) is 9.79 Å². The highest BCUT2D eigenvalue weighted by molar-refractivity contribution is 7.92. The molecule has 0 spiro atoms. The van der Waals surface area contributed by atoms with E-state index in [9.17, 15) is 13.2 Å². The monoisotopic (exact) mass is 337 g/mol. The molecule has 4 nitrogen and oxygen atoms in total. The van der Waals surface area contributed by atoms with Gasteiger partial charge >= 0.3 is 0 Å². The van der Waals surface area contributed by atoms with Crippen molar-refractivity contribution in [3.8, 4) is 11.1 Å². The quantitative estimate of drug-likeness (QED) is 0.537. The molecule has 2 aromatic carbocycles. The van der Waals surface area contributed by atoms with Gasteiger partial charge in [-0.2, -0.15) is 0 Å². The third-order valence-electron chi connectivity index (χ3n) is 3.79. The lowest BCUT2D eigenvalue weighted by atomic mass is 9.99. The summed E-state index contributed by atoms with van der Waals surface area (Å²) in [6.45, 7) is 5.30. The zero-order chi connectivity index (χ0) is 17.3. The van der Waals surface area contributed by atoms with Gasteiger partial charge in [0.2, 0.25) is 15.6 Å². The molecule has 5 heteroatoms. The van der Waals surface area contributed by atoms with Crippen molar-refractivity contribution in [2.24, 2.45) is 4.99 Å². The number of rotatable bonds is 4. The van der Waals surface area contributed by atoms with Crippen LogP contribution in [0.3, 0.4) is 0 Å². The van der Waals surface area contributed by atoms with E-state index in [4.69, 9.17) is 0 Å². The molecule has 0 fully saturated rings.